The molecular formula is C44H46N5O12PS. The summed E-state index contributed by atoms with van der Waals surface area (Å²) in [5.74, 6) is -0.609. The first-order chi connectivity index (χ1) is 30.3. The third-order valence-corrected chi connectivity index (χ3v) is 13.1. The molecule has 2 aromatic heterocycles. The van der Waals surface area contributed by atoms with Crippen molar-refractivity contribution in [2.75, 3.05) is 19.8 Å². The summed E-state index contributed by atoms with van der Waals surface area (Å²) in [7, 11) is 0. The molecule has 1 unspecified atom stereocenters. The van der Waals surface area contributed by atoms with E-state index in [9.17, 15) is 29.2 Å². The average Bonchev–Trinajstić information content (AvgIpc) is 3.86. The summed E-state index contributed by atoms with van der Waals surface area (Å²) in [5.41, 5.74) is -0.670. The van der Waals surface area contributed by atoms with Gasteiger partial charge in [-0.1, -0.05) is 91.0 Å². The number of carbonyl (C=O) groups excluding carboxylic acids is 1. The van der Waals surface area contributed by atoms with Crippen LogP contribution in [0.15, 0.2) is 123 Å². The van der Waals surface area contributed by atoms with Gasteiger partial charge in [-0.15, -0.1) is 0 Å². The van der Waals surface area contributed by atoms with E-state index in [1.165, 1.54) is 35.4 Å². The second-order valence-corrected chi connectivity index (χ2v) is 18.0. The van der Waals surface area contributed by atoms with E-state index < -0.39 is 77.7 Å². The zero-order valence-corrected chi connectivity index (χ0v) is 36.3. The molecule has 2 fully saturated rings. The van der Waals surface area contributed by atoms with Crippen LogP contribution in [0, 0.1) is 25.2 Å². The van der Waals surface area contributed by atoms with Crippen LogP contribution < -0.4 is 22.5 Å². The van der Waals surface area contributed by atoms with E-state index in [2.05, 4.69) is 9.97 Å². The normalized spacial score (nSPS) is 22.0. The quantitative estimate of drug-likeness (QED) is 0.0557. The highest BCUT2D eigenvalue weighted by Crippen LogP contribution is 2.54. The Hall–Kier alpha value is -5.61. The van der Waals surface area contributed by atoms with Gasteiger partial charge in [-0.05, 0) is 42.3 Å². The summed E-state index contributed by atoms with van der Waals surface area (Å²) >= 11 is 6.01. The standard InChI is InChI=1S/C44H46N5O12PS/c1-28-24-48(42(53)46-40(28)51)38-22-34(58-30(3)50)37(60-38)27-57-62(63,56-21-13-20-45)61-35-23-39(49-25-29(2)41(52)47-43(49)54)59-36(35)26-55-44(31-14-7-4-8-15-31,32-16-9-5-10-17-32)33-18-11-6-12-19-33/h4-12,14-19,24-25,34-39H,13,21-23,26-27H2,1-3H3,(H,46,51,53)(H,47,52,54)/t34-,35+,36+,37+,38+,39+,62?/m0/s1. The number of benzene rings is 3. The Morgan fingerprint density at radius 2 is 1.22 bits per heavy atom. The van der Waals surface area contributed by atoms with Crippen LogP contribution in [0.2, 0.25) is 0 Å². The van der Waals surface area contributed by atoms with Gasteiger partial charge in [0, 0.05) is 43.3 Å². The Labute approximate surface area is 366 Å². The van der Waals surface area contributed by atoms with Crippen molar-refractivity contribution in [3.8, 4) is 6.07 Å². The van der Waals surface area contributed by atoms with Gasteiger partial charge in [0.25, 0.3) is 11.1 Å². The van der Waals surface area contributed by atoms with Crippen molar-refractivity contribution in [1.29, 1.82) is 5.26 Å². The number of aromatic amines is 2. The molecule has 63 heavy (non-hydrogen) atoms. The van der Waals surface area contributed by atoms with Gasteiger partial charge in [-0.3, -0.25) is 33.5 Å². The van der Waals surface area contributed by atoms with E-state index >= 15 is 0 Å². The van der Waals surface area contributed by atoms with Gasteiger partial charge in [-0.25, -0.2) is 9.59 Å². The Morgan fingerprint density at radius 1 is 0.762 bits per heavy atom. The molecule has 4 heterocycles. The zero-order valence-electron chi connectivity index (χ0n) is 34.6. The minimum atomic E-state index is -3.89. The van der Waals surface area contributed by atoms with Crippen LogP contribution >= 0.6 is 6.72 Å². The van der Waals surface area contributed by atoms with Gasteiger partial charge < -0.3 is 32.5 Å². The summed E-state index contributed by atoms with van der Waals surface area (Å²) in [5, 5.41) is 9.42. The third kappa shape index (κ3) is 10.3. The number of nitrogens with zero attached hydrogens (tertiary/aromatic N) is 3. The Kier molecular flexibility index (Phi) is 14.3. The van der Waals surface area contributed by atoms with E-state index in [-0.39, 0.29) is 50.2 Å². The molecule has 0 bridgehead atoms. The number of nitrogens with one attached hydrogen (secondary N) is 2. The number of rotatable bonds is 17. The number of nitriles is 1. The number of H-pyrrole nitrogens is 2. The fraction of sp³-hybridized carbons (Fsp3) is 0.364. The largest absolute Gasteiger partial charge is 0.460 e. The molecule has 2 aliphatic heterocycles. The molecule has 7 atom stereocenters. The molecule has 330 valence electrons. The monoisotopic (exact) mass is 899 g/mol. The van der Waals surface area contributed by atoms with Crippen molar-refractivity contribution in [2.45, 2.75) is 82.5 Å². The summed E-state index contributed by atoms with van der Waals surface area (Å²) in [6.45, 7) is -0.187. The Balaban J connectivity index is 1.22. The van der Waals surface area contributed by atoms with Gasteiger partial charge in [-0.2, -0.15) is 5.26 Å². The first-order valence-corrected chi connectivity index (χ1v) is 22.7. The van der Waals surface area contributed by atoms with Crippen LogP contribution in [-0.4, -0.2) is 69.3 Å². The van der Waals surface area contributed by atoms with E-state index in [0.29, 0.717) is 0 Å². The first-order valence-electron chi connectivity index (χ1n) is 20.2. The molecular weight excluding hydrogens is 854 g/mol. The van der Waals surface area contributed by atoms with Gasteiger partial charge in [0.05, 0.1) is 38.4 Å². The molecule has 3 aromatic carbocycles. The smallest absolute Gasteiger partial charge is 0.330 e. The lowest BCUT2D eigenvalue weighted by molar-refractivity contribution is -0.150. The average molecular weight is 900 g/mol. The third-order valence-electron chi connectivity index (χ3n) is 10.7. The van der Waals surface area contributed by atoms with E-state index in [1.54, 1.807) is 6.92 Å². The molecule has 5 aromatic rings. The molecule has 0 amide bonds. The van der Waals surface area contributed by atoms with Crippen LogP contribution in [-0.2, 0) is 54.7 Å². The maximum absolute atomic E-state index is 13.2. The second-order valence-electron chi connectivity index (χ2n) is 15.1. The van der Waals surface area contributed by atoms with E-state index in [1.807, 2.05) is 97.1 Å². The van der Waals surface area contributed by atoms with Crippen molar-refractivity contribution in [3.63, 3.8) is 0 Å². The van der Waals surface area contributed by atoms with Crippen molar-refractivity contribution < 1.29 is 37.3 Å². The molecule has 0 saturated carbocycles. The minimum Gasteiger partial charge on any atom is -0.460 e. The van der Waals surface area contributed by atoms with Gasteiger partial charge in [0.2, 0.25) is 0 Å². The topological polar surface area (TPSA) is 215 Å². The van der Waals surface area contributed by atoms with Crippen molar-refractivity contribution in [1.82, 2.24) is 19.1 Å². The maximum Gasteiger partial charge on any atom is 0.330 e. The Morgan fingerprint density at radius 3 is 1.68 bits per heavy atom. The lowest BCUT2D eigenvalue weighted by atomic mass is 9.80. The van der Waals surface area contributed by atoms with Crippen LogP contribution in [0.25, 0.3) is 0 Å². The summed E-state index contributed by atoms with van der Waals surface area (Å²) < 4.78 is 47.0. The van der Waals surface area contributed by atoms with Gasteiger partial charge in [0.15, 0.2) is 0 Å². The van der Waals surface area contributed by atoms with Gasteiger partial charge >= 0.3 is 24.1 Å². The van der Waals surface area contributed by atoms with Gasteiger partial charge in [0.1, 0.15) is 36.4 Å². The molecule has 19 heteroatoms. The van der Waals surface area contributed by atoms with Crippen LogP contribution in [0.3, 0.4) is 0 Å². The zero-order chi connectivity index (χ0) is 44.7. The fourth-order valence-electron chi connectivity index (χ4n) is 7.70. The van der Waals surface area contributed by atoms with Crippen LogP contribution in [0.5, 0.6) is 0 Å². The molecule has 0 spiro atoms. The molecule has 17 nitrogen and oxygen atoms in total. The van der Waals surface area contributed by atoms with Crippen LogP contribution in [0.4, 0.5) is 0 Å². The van der Waals surface area contributed by atoms with Crippen LogP contribution in [0.1, 0.15) is 66.5 Å². The van der Waals surface area contributed by atoms with Crippen molar-refractivity contribution in [3.05, 3.63) is 173 Å². The summed E-state index contributed by atoms with van der Waals surface area (Å²) in [6.07, 6.45) is -2.97. The van der Waals surface area contributed by atoms with E-state index in [0.717, 1.165) is 16.7 Å². The summed E-state index contributed by atoms with van der Waals surface area (Å²) in [4.78, 5) is 67.3. The lowest BCUT2D eigenvalue weighted by Gasteiger charge is -2.37. The number of ether oxygens (including phenoxy) is 4. The molecule has 0 aliphatic carbocycles. The predicted octanol–water partition coefficient (Wildman–Crippen LogP) is 4.78. The summed E-state index contributed by atoms with van der Waals surface area (Å²) in [6, 6.07) is 31.1. The molecule has 7 rings (SSSR count). The molecule has 2 aliphatic rings. The highest BCUT2D eigenvalue weighted by Gasteiger charge is 2.46. The lowest BCUT2D eigenvalue weighted by Crippen LogP contribution is -2.38. The van der Waals surface area contributed by atoms with E-state index in [4.69, 9.17) is 44.3 Å². The predicted molar refractivity (Wildman–Crippen MR) is 231 cm³/mol. The highest BCUT2D eigenvalue weighted by molar-refractivity contribution is 8.07. The SMILES string of the molecule is CC(=O)O[C@H]1C[C@H](n2cc(C)c(=O)[nH]c2=O)O[C@@H]1COP(=S)(OCCC#N)O[C@@H]1C[C@H](n2cc(C)c(=O)[nH]c2=O)O[C@@H]1COC(c1ccccc1)(c1ccccc1)c1ccccc1. The fourth-order valence-corrected chi connectivity index (χ4v) is 9.83. The number of esters is 1. The first kappa shape index (κ1) is 45.4. The van der Waals surface area contributed by atoms with Crippen molar-refractivity contribution >= 4 is 24.5 Å². The number of carbonyl (C=O) groups is 1. The molecule has 0 radical (unpaired) electrons. The highest BCUT2D eigenvalue weighted by atomic mass is 32.5. The minimum absolute atomic E-state index is 0.0182. The number of hydrogen-bond acceptors (Lipinski definition) is 14. The van der Waals surface area contributed by atoms with Crippen molar-refractivity contribution in [2.24, 2.45) is 0 Å². The Bertz CT molecular complexity index is 2630. The molecule has 2 saturated heterocycles. The number of hydrogen-bond donors (Lipinski definition) is 2. The number of aryl methyl sites for hydroxylation is 2. The number of aromatic nitrogens is 4. The second kappa shape index (κ2) is 19.8. The maximum atomic E-state index is 13.2. The molecule has 2 N–H and O–H groups in total.